The van der Waals surface area contributed by atoms with E-state index in [0.717, 1.165) is 25.5 Å². The Morgan fingerprint density at radius 3 is 2.35 bits per heavy atom. The second-order valence-electron chi connectivity index (χ2n) is 5.93. The van der Waals surface area contributed by atoms with E-state index in [2.05, 4.69) is 14.9 Å². The summed E-state index contributed by atoms with van der Waals surface area (Å²) in [5.74, 6) is 2.15. The van der Waals surface area contributed by atoms with E-state index in [9.17, 15) is 0 Å². The van der Waals surface area contributed by atoms with Gasteiger partial charge in [-0.2, -0.15) is 0 Å². The monoisotopic (exact) mass is 277 g/mol. The number of fused-ring (bicyclic) bond motifs is 2. The Hall–Kier alpha value is -1.04. The summed E-state index contributed by atoms with van der Waals surface area (Å²) >= 11 is 0. The number of hydrogen-bond donors (Lipinski definition) is 0. The SMILES string of the molecule is COCc1ncc(CN2C[C@H]3CC[C@@H](C2)C3OC)cn1. The second-order valence-corrected chi connectivity index (χ2v) is 5.93. The molecule has 1 saturated carbocycles. The van der Waals surface area contributed by atoms with Crippen molar-refractivity contribution >= 4 is 0 Å². The smallest absolute Gasteiger partial charge is 0.153 e. The van der Waals surface area contributed by atoms with E-state index in [1.807, 2.05) is 19.5 Å². The van der Waals surface area contributed by atoms with Crippen molar-refractivity contribution in [2.75, 3.05) is 27.3 Å². The van der Waals surface area contributed by atoms with Crippen LogP contribution in [0, 0.1) is 11.8 Å². The first-order valence-corrected chi connectivity index (χ1v) is 7.34. The van der Waals surface area contributed by atoms with Crippen LogP contribution < -0.4 is 0 Å². The Morgan fingerprint density at radius 2 is 1.80 bits per heavy atom. The Bertz CT molecular complexity index is 423. The van der Waals surface area contributed by atoms with Crippen molar-refractivity contribution < 1.29 is 9.47 Å². The number of rotatable bonds is 5. The molecule has 1 aromatic heterocycles. The molecule has 0 spiro atoms. The summed E-state index contributed by atoms with van der Waals surface area (Å²) in [4.78, 5) is 11.2. The molecule has 0 N–H and O–H groups in total. The minimum Gasteiger partial charge on any atom is -0.381 e. The Kier molecular flexibility index (Phi) is 4.29. The predicted molar refractivity (Wildman–Crippen MR) is 75.0 cm³/mol. The maximum atomic E-state index is 5.65. The first kappa shape index (κ1) is 13.9. The number of ether oxygens (including phenoxy) is 2. The fraction of sp³-hybridized carbons (Fsp3) is 0.733. The predicted octanol–water partition coefficient (Wildman–Crippen LogP) is 1.48. The van der Waals surface area contributed by atoms with Crippen LogP contribution >= 0.6 is 0 Å². The highest BCUT2D eigenvalue weighted by Crippen LogP contribution is 2.38. The first-order chi connectivity index (χ1) is 9.80. The van der Waals surface area contributed by atoms with Gasteiger partial charge in [-0.3, -0.25) is 4.90 Å². The number of methoxy groups -OCH3 is 2. The molecule has 1 aliphatic carbocycles. The van der Waals surface area contributed by atoms with Gasteiger partial charge in [-0.1, -0.05) is 0 Å². The summed E-state index contributed by atoms with van der Waals surface area (Å²) in [7, 11) is 3.51. The third kappa shape index (κ3) is 2.85. The summed E-state index contributed by atoms with van der Waals surface area (Å²) in [5.41, 5.74) is 1.18. The molecule has 2 aliphatic rings. The average molecular weight is 277 g/mol. The van der Waals surface area contributed by atoms with Gasteiger partial charge >= 0.3 is 0 Å². The van der Waals surface area contributed by atoms with E-state index < -0.39 is 0 Å². The molecule has 2 heterocycles. The lowest BCUT2D eigenvalue weighted by molar-refractivity contribution is -0.0180. The van der Waals surface area contributed by atoms with Gasteiger partial charge in [-0.15, -0.1) is 0 Å². The van der Waals surface area contributed by atoms with Gasteiger partial charge in [0, 0.05) is 51.8 Å². The summed E-state index contributed by atoms with van der Waals surface area (Å²) in [6.45, 7) is 3.68. The molecule has 1 aliphatic heterocycles. The third-order valence-corrected chi connectivity index (χ3v) is 4.53. The van der Waals surface area contributed by atoms with Gasteiger partial charge in [-0.05, 0) is 24.7 Å². The topological polar surface area (TPSA) is 47.5 Å². The van der Waals surface area contributed by atoms with Gasteiger partial charge in [0.1, 0.15) is 6.61 Å². The van der Waals surface area contributed by atoms with Gasteiger partial charge in [0.05, 0.1) is 6.10 Å². The molecule has 0 aromatic carbocycles. The molecule has 5 nitrogen and oxygen atoms in total. The van der Waals surface area contributed by atoms with Gasteiger partial charge in [-0.25, -0.2) is 9.97 Å². The van der Waals surface area contributed by atoms with Gasteiger partial charge < -0.3 is 9.47 Å². The van der Waals surface area contributed by atoms with Crippen LogP contribution in [0.1, 0.15) is 24.2 Å². The van der Waals surface area contributed by atoms with Gasteiger partial charge in [0.15, 0.2) is 5.82 Å². The van der Waals surface area contributed by atoms with Crippen LogP contribution in [0.4, 0.5) is 0 Å². The number of piperidine rings is 1. The molecular formula is C15H23N3O2. The summed E-state index contributed by atoms with van der Waals surface area (Å²) in [6, 6.07) is 0. The number of likely N-dealkylation sites (tertiary alicyclic amines) is 1. The third-order valence-electron chi connectivity index (χ3n) is 4.53. The highest BCUT2D eigenvalue weighted by molar-refractivity contribution is 5.06. The van der Waals surface area contributed by atoms with Gasteiger partial charge in [0.2, 0.25) is 0 Å². The molecule has 3 atom stereocenters. The Labute approximate surface area is 120 Å². The largest absolute Gasteiger partial charge is 0.381 e. The van der Waals surface area contributed by atoms with Crippen LogP contribution in [-0.4, -0.2) is 48.3 Å². The van der Waals surface area contributed by atoms with E-state index in [4.69, 9.17) is 9.47 Å². The van der Waals surface area contributed by atoms with Crippen molar-refractivity contribution in [2.45, 2.75) is 32.1 Å². The van der Waals surface area contributed by atoms with Crippen LogP contribution in [0.3, 0.4) is 0 Å². The highest BCUT2D eigenvalue weighted by Gasteiger charge is 2.41. The molecule has 1 aromatic rings. The molecule has 2 bridgehead atoms. The van der Waals surface area contributed by atoms with Crippen LogP contribution in [0.15, 0.2) is 12.4 Å². The molecule has 0 radical (unpaired) electrons. The van der Waals surface area contributed by atoms with E-state index in [1.54, 1.807) is 7.11 Å². The molecule has 0 amide bonds. The lowest BCUT2D eigenvalue weighted by Gasteiger charge is -2.37. The zero-order valence-corrected chi connectivity index (χ0v) is 12.3. The number of aromatic nitrogens is 2. The van der Waals surface area contributed by atoms with Crippen LogP contribution in [0.2, 0.25) is 0 Å². The van der Waals surface area contributed by atoms with Crippen molar-refractivity contribution in [3.8, 4) is 0 Å². The van der Waals surface area contributed by atoms with Crippen LogP contribution in [0.5, 0.6) is 0 Å². The molecule has 1 unspecified atom stereocenters. The minimum absolute atomic E-state index is 0.476. The van der Waals surface area contributed by atoms with Crippen molar-refractivity contribution in [3.63, 3.8) is 0 Å². The normalized spacial score (nSPS) is 29.8. The second kappa shape index (κ2) is 6.16. The Balaban J connectivity index is 1.59. The summed E-state index contributed by atoms with van der Waals surface area (Å²) < 4.78 is 10.7. The van der Waals surface area contributed by atoms with Crippen molar-refractivity contribution in [1.29, 1.82) is 0 Å². The standard InChI is InChI=1S/C15H23N3O2/c1-19-10-14-16-5-11(6-17-14)7-18-8-12-3-4-13(9-18)15(12)20-2/h5-6,12-13,15H,3-4,7-10H2,1-2H3/t12-,13+,15?. The lowest BCUT2D eigenvalue weighted by Crippen LogP contribution is -2.45. The average Bonchev–Trinajstić information content (AvgIpc) is 2.71. The summed E-state index contributed by atoms with van der Waals surface area (Å²) in [6.07, 6.45) is 6.94. The van der Waals surface area contributed by atoms with E-state index in [1.165, 1.54) is 18.4 Å². The maximum absolute atomic E-state index is 5.65. The molecule has 3 rings (SSSR count). The summed E-state index contributed by atoms with van der Waals surface area (Å²) in [5, 5.41) is 0. The zero-order valence-electron chi connectivity index (χ0n) is 12.3. The van der Waals surface area contributed by atoms with Crippen molar-refractivity contribution in [3.05, 3.63) is 23.8 Å². The van der Waals surface area contributed by atoms with Crippen LogP contribution in [-0.2, 0) is 22.6 Å². The maximum Gasteiger partial charge on any atom is 0.153 e. The molecule has 110 valence electrons. The zero-order chi connectivity index (χ0) is 13.9. The van der Waals surface area contributed by atoms with Crippen LogP contribution in [0.25, 0.3) is 0 Å². The fourth-order valence-corrected chi connectivity index (χ4v) is 3.71. The lowest BCUT2D eigenvalue weighted by atomic mass is 9.94. The molecule has 5 heteroatoms. The van der Waals surface area contributed by atoms with E-state index >= 15 is 0 Å². The molecule has 2 fully saturated rings. The minimum atomic E-state index is 0.476. The fourth-order valence-electron chi connectivity index (χ4n) is 3.71. The van der Waals surface area contributed by atoms with Crippen molar-refractivity contribution in [2.24, 2.45) is 11.8 Å². The molecule has 1 saturated heterocycles. The molecular weight excluding hydrogens is 254 g/mol. The van der Waals surface area contributed by atoms with Crippen molar-refractivity contribution in [1.82, 2.24) is 14.9 Å². The highest BCUT2D eigenvalue weighted by atomic mass is 16.5. The van der Waals surface area contributed by atoms with E-state index in [0.29, 0.717) is 24.5 Å². The van der Waals surface area contributed by atoms with Gasteiger partial charge in [0.25, 0.3) is 0 Å². The Morgan fingerprint density at radius 1 is 1.15 bits per heavy atom. The van der Waals surface area contributed by atoms with E-state index in [-0.39, 0.29) is 0 Å². The molecule has 20 heavy (non-hydrogen) atoms. The first-order valence-electron chi connectivity index (χ1n) is 7.34. The number of hydrogen-bond acceptors (Lipinski definition) is 5. The quantitative estimate of drug-likeness (QED) is 0.816. The number of nitrogens with zero attached hydrogens (tertiary/aromatic N) is 3.